The summed E-state index contributed by atoms with van der Waals surface area (Å²) in [5.41, 5.74) is 1.98. The number of hydrogen-bond donors (Lipinski definition) is 0. The number of nitrogens with zero attached hydrogens (tertiary/aromatic N) is 1. The van der Waals surface area contributed by atoms with Gasteiger partial charge in [-0.3, -0.25) is 0 Å². The van der Waals surface area contributed by atoms with Gasteiger partial charge in [-0.2, -0.15) is 5.26 Å². The van der Waals surface area contributed by atoms with Crippen LogP contribution in [0.3, 0.4) is 0 Å². The Labute approximate surface area is 94.6 Å². The summed E-state index contributed by atoms with van der Waals surface area (Å²) >= 11 is 0. The monoisotopic (exact) mass is 215 g/mol. The number of esters is 1. The lowest BCUT2D eigenvalue weighted by molar-refractivity contribution is 0.0535. The predicted octanol–water partition coefficient (Wildman–Crippen LogP) is 2.55. The van der Waals surface area contributed by atoms with Crippen LogP contribution in [0.1, 0.15) is 41.8 Å². The minimum absolute atomic E-state index is 0.267. The van der Waals surface area contributed by atoms with Crippen LogP contribution in [0, 0.1) is 11.3 Å². The molecule has 0 spiro atoms. The van der Waals surface area contributed by atoms with E-state index >= 15 is 0 Å². The van der Waals surface area contributed by atoms with Crippen LogP contribution in [-0.2, 0) is 16.8 Å². The molecular formula is C13H13NO2. The number of hydrogen-bond acceptors (Lipinski definition) is 3. The van der Waals surface area contributed by atoms with Crippen molar-refractivity contribution in [1.29, 1.82) is 5.26 Å². The van der Waals surface area contributed by atoms with Crippen molar-refractivity contribution in [1.82, 2.24) is 0 Å². The van der Waals surface area contributed by atoms with E-state index in [1.807, 2.05) is 26.0 Å². The molecule has 1 atom stereocenters. The summed E-state index contributed by atoms with van der Waals surface area (Å²) in [6.45, 7) is 4.22. The summed E-state index contributed by atoms with van der Waals surface area (Å²) in [7, 11) is 0. The molecule has 0 radical (unpaired) electrons. The van der Waals surface area contributed by atoms with Crippen molar-refractivity contribution in [2.24, 2.45) is 0 Å². The lowest BCUT2D eigenvalue weighted by Gasteiger charge is -2.20. The molecule has 0 amide bonds. The van der Waals surface area contributed by atoms with Crippen LogP contribution in [0.25, 0.3) is 0 Å². The molecule has 2 rings (SSSR count). The van der Waals surface area contributed by atoms with Gasteiger partial charge in [0.1, 0.15) is 6.61 Å². The molecular weight excluding hydrogens is 202 g/mol. The molecule has 3 heteroatoms. The predicted molar refractivity (Wildman–Crippen MR) is 58.8 cm³/mol. The number of cyclic esters (lactones) is 1. The van der Waals surface area contributed by atoms with Gasteiger partial charge >= 0.3 is 5.97 Å². The number of benzene rings is 1. The third-order valence-electron chi connectivity index (χ3n) is 3.27. The van der Waals surface area contributed by atoms with Crippen LogP contribution < -0.4 is 0 Å². The van der Waals surface area contributed by atoms with E-state index in [0.29, 0.717) is 12.2 Å². The highest BCUT2D eigenvalue weighted by Gasteiger charge is 2.28. The quantitative estimate of drug-likeness (QED) is 0.712. The van der Waals surface area contributed by atoms with Gasteiger partial charge in [-0.05, 0) is 31.0 Å². The van der Waals surface area contributed by atoms with E-state index in [1.165, 1.54) is 0 Å². The first-order valence-electron chi connectivity index (χ1n) is 5.32. The first-order valence-corrected chi connectivity index (χ1v) is 5.32. The minimum atomic E-state index is -0.485. The van der Waals surface area contributed by atoms with Crippen LogP contribution in [0.5, 0.6) is 0 Å². The maximum absolute atomic E-state index is 11.3. The summed E-state index contributed by atoms with van der Waals surface area (Å²) in [5.74, 6) is -0.267. The topological polar surface area (TPSA) is 50.1 Å². The third kappa shape index (κ3) is 1.47. The Balaban J connectivity index is 2.47. The summed E-state index contributed by atoms with van der Waals surface area (Å²) < 4.78 is 4.94. The van der Waals surface area contributed by atoms with Crippen LogP contribution in [-0.4, -0.2) is 5.97 Å². The normalized spacial score (nSPS) is 17.2. The Bertz CT molecular complexity index is 487. The van der Waals surface area contributed by atoms with E-state index in [-0.39, 0.29) is 5.97 Å². The fourth-order valence-electron chi connectivity index (χ4n) is 1.82. The van der Waals surface area contributed by atoms with E-state index in [9.17, 15) is 10.1 Å². The highest BCUT2D eigenvalue weighted by Crippen LogP contribution is 2.30. The molecule has 16 heavy (non-hydrogen) atoms. The van der Waals surface area contributed by atoms with Gasteiger partial charge in [-0.15, -0.1) is 0 Å². The van der Waals surface area contributed by atoms with Crippen LogP contribution in [0.15, 0.2) is 18.2 Å². The average Bonchev–Trinajstić information content (AvgIpc) is 2.69. The summed E-state index contributed by atoms with van der Waals surface area (Å²) in [5, 5.41) is 9.19. The lowest BCUT2D eigenvalue weighted by atomic mass is 9.80. The van der Waals surface area contributed by atoms with Gasteiger partial charge < -0.3 is 4.74 Å². The van der Waals surface area contributed by atoms with Crippen molar-refractivity contribution in [3.63, 3.8) is 0 Å². The second-order valence-corrected chi connectivity index (χ2v) is 4.25. The third-order valence-corrected chi connectivity index (χ3v) is 3.27. The average molecular weight is 215 g/mol. The Morgan fingerprint density at radius 2 is 2.31 bits per heavy atom. The van der Waals surface area contributed by atoms with Gasteiger partial charge in [0, 0.05) is 5.56 Å². The van der Waals surface area contributed by atoms with Crippen molar-refractivity contribution >= 4 is 5.97 Å². The number of rotatable bonds is 2. The number of nitriles is 1. The molecule has 0 aliphatic carbocycles. The van der Waals surface area contributed by atoms with Gasteiger partial charge in [0.25, 0.3) is 0 Å². The fourth-order valence-corrected chi connectivity index (χ4v) is 1.82. The second kappa shape index (κ2) is 3.64. The largest absolute Gasteiger partial charge is 0.457 e. The molecule has 0 N–H and O–H groups in total. The second-order valence-electron chi connectivity index (χ2n) is 4.25. The van der Waals surface area contributed by atoms with Gasteiger partial charge in [0.15, 0.2) is 0 Å². The van der Waals surface area contributed by atoms with Crippen molar-refractivity contribution < 1.29 is 9.53 Å². The Morgan fingerprint density at radius 1 is 1.56 bits per heavy atom. The number of ether oxygens (including phenoxy) is 1. The van der Waals surface area contributed by atoms with E-state index in [0.717, 1.165) is 17.5 Å². The van der Waals surface area contributed by atoms with Crippen molar-refractivity contribution in [3.8, 4) is 6.07 Å². The zero-order chi connectivity index (χ0) is 11.8. The molecule has 0 saturated carbocycles. The van der Waals surface area contributed by atoms with Crippen LogP contribution in [0.2, 0.25) is 0 Å². The van der Waals surface area contributed by atoms with Gasteiger partial charge in [-0.25, -0.2) is 4.79 Å². The summed E-state index contributed by atoms with van der Waals surface area (Å²) in [4.78, 5) is 11.3. The SMILES string of the molecule is CCC(C)(C#N)c1ccc2c(c1)COC2=O. The molecule has 1 heterocycles. The molecule has 1 aliphatic rings. The highest BCUT2D eigenvalue weighted by atomic mass is 16.5. The van der Waals surface area contributed by atoms with Gasteiger partial charge in [0.05, 0.1) is 17.0 Å². The number of carbonyl (C=O) groups excluding carboxylic acids is 1. The maximum atomic E-state index is 11.3. The van der Waals surface area contributed by atoms with E-state index in [1.54, 1.807) is 6.07 Å². The number of carbonyl (C=O) groups is 1. The molecule has 1 aromatic carbocycles. The Hall–Kier alpha value is -1.82. The molecule has 0 fully saturated rings. The van der Waals surface area contributed by atoms with E-state index in [2.05, 4.69) is 6.07 Å². The maximum Gasteiger partial charge on any atom is 0.338 e. The highest BCUT2D eigenvalue weighted by molar-refractivity contribution is 5.93. The molecule has 0 saturated heterocycles. The molecule has 0 aromatic heterocycles. The first kappa shape index (κ1) is 10.7. The molecule has 1 aliphatic heterocycles. The van der Waals surface area contributed by atoms with Crippen LogP contribution in [0.4, 0.5) is 0 Å². The summed E-state index contributed by atoms with van der Waals surface area (Å²) in [6.07, 6.45) is 0.747. The molecule has 1 aromatic rings. The first-order chi connectivity index (χ1) is 7.60. The number of fused-ring (bicyclic) bond motifs is 1. The van der Waals surface area contributed by atoms with Gasteiger partial charge in [-0.1, -0.05) is 13.0 Å². The molecule has 1 unspecified atom stereocenters. The zero-order valence-electron chi connectivity index (χ0n) is 9.41. The lowest BCUT2D eigenvalue weighted by Crippen LogP contribution is -2.18. The van der Waals surface area contributed by atoms with Crippen molar-refractivity contribution in [3.05, 3.63) is 34.9 Å². The van der Waals surface area contributed by atoms with Crippen molar-refractivity contribution in [2.45, 2.75) is 32.3 Å². The Kier molecular flexibility index (Phi) is 2.43. The van der Waals surface area contributed by atoms with Crippen molar-refractivity contribution in [2.75, 3.05) is 0 Å². The smallest absolute Gasteiger partial charge is 0.338 e. The van der Waals surface area contributed by atoms with Crippen LogP contribution >= 0.6 is 0 Å². The molecule has 0 bridgehead atoms. The van der Waals surface area contributed by atoms with E-state index < -0.39 is 5.41 Å². The standard InChI is InChI=1S/C13H13NO2/c1-3-13(2,8-14)10-4-5-11-9(6-10)7-16-12(11)15/h4-6H,3,7H2,1-2H3. The molecule has 82 valence electrons. The molecule has 3 nitrogen and oxygen atoms in total. The fraction of sp³-hybridized carbons (Fsp3) is 0.385. The Morgan fingerprint density at radius 3 is 2.94 bits per heavy atom. The van der Waals surface area contributed by atoms with Gasteiger partial charge in [0.2, 0.25) is 0 Å². The summed E-state index contributed by atoms with van der Waals surface area (Å²) in [6, 6.07) is 7.83. The minimum Gasteiger partial charge on any atom is -0.457 e. The zero-order valence-corrected chi connectivity index (χ0v) is 9.41. The van der Waals surface area contributed by atoms with E-state index in [4.69, 9.17) is 4.74 Å².